The van der Waals surface area contributed by atoms with Crippen LogP contribution in [0.1, 0.15) is 56.1 Å². The zero-order valence-corrected chi connectivity index (χ0v) is 27.1. The van der Waals surface area contributed by atoms with Crippen LogP contribution >= 0.6 is 0 Å². The molecule has 254 valence electrons. The number of aliphatic imine (C=N–C) groups is 1. The number of allylic oxidation sites excluding steroid dienone is 2. The summed E-state index contributed by atoms with van der Waals surface area (Å²) < 4.78 is 17.2. The van der Waals surface area contributed by atoms with Gasteiger partial charge >= 0.3 is 0 Å². The van der Waals surface area contributed by atoms with Gasteiger partial charge in [-0.15, -0.1) is 0 Å². The molecule has 1 aliphatic carbocycles. The number of carbonyl (C=O) groups excluding carboxylic acids is 1. The molecule has 3 atom stereocenters. The van der Waals surface area contributed by atoms with Crippen molar-refractivity contribution >= 4 is 17.4 Å². The molecule has 2 aromatic carbocycles. The van der Waals surface area contributed by atoms with Gasteiger partial charge in [0.1, 0.15) is 5.60 Å². The Balaban J connectivity index is 1.68. The summed E-state index contributed by atoms with van der Waals surface area (Å²) in [5.74, 6) is 0.941. The fraction of sp³-hybridized carbons (Fsp3) is 0.529. The molecule has 12 nitrogen and oxygen atoms in total. The Morgan fingerprint density at radius 3 is 2.70 bits per heavy atom. The Kier molecular flexibility index (Phi) is 14.6. The highest BCUT2D eigenvalue weighted by atomic mass is 16.6. The number of hydrogen-bond acceptors (Lipinski definition) is 10. The molecular formula is C34H50N4O8. The third kappa shape index (κ3) is 11.2. The second kappa shape index (κ2) is 18.3. The van der Waals surface area contributed by atoms with Gasteiger partial charge in [-0.25, -0.2) is 0 Å². The van der Waals surface area contributed by atoms with Crippen LogP contribution in [-0.2, 0) is 22.4 Å². The van der Waals surface area contributed by atoms with E-state index in [1.165, 1.54) is 7.11 Å². The molecule has 0 aromatic heterocycles. The van der Waals surface area contributed by atoms with Crippen molar-refractivity contribution in [2.75, 3.05) is 46.3 Å². The van der Waals surface area contributed by atoms with E-state index in [0.717, 1.165) is 17.5 Å². The highest BCUT2D eigenvalue weighted by molar-refractivity contribution is 5.94. The van der Waals surface area contributed by atoms with E-state index in [1.54, 1.807) is 37.4 Å². The standard InChI is InChI=1S/C34H50N4O8/c1-36-22-34(14-13-25(21-34)20-31(42)45-16-6-15-39)46-30-19-24(17-27(32(30)43)38-33(35)37-2)7-4-5-8-26(40)11-9-23-10-12-28(41)29(18-23)44-3/h5,8,10,12,17-19,25,31,36,39,41-43H,4,6-7,9,11,13-16,20-22H2,1-3H3,(H3,35,37,38). The molecule has 12 heteroatoms. The van der Waals surface area contributed by atoms with Crippen LogP contribution in [0, 0.1) is 5.92 Å². The van der Waals surface area contributed by atoms with Gasteiger partial charge in [0.05, 0.1) is 19.4 Å². The number of ketones is 1. The maximum Gasteiger partial charge on any atom is 0.192 e. The number of benzene rings is 2. The minimum absolute atomic E-state index is 0.00947. The van der Waals surface area contributed by atoms with Crippen LogP contribution in [0.15, 0.2) is 47.5 Å². The SMILES string of the molecule is CN=C(N)Nc1cc(CCC=CC(=O)CCc2ccc(O)c(OC)c2)cc(OC2(CNC)CCC(CC(O)OCCCO)C2)c1O. The number of nitrogens with zero attached hydrogens (tertiary/aromatic N) is 1. The molecule has 46 heavy (non-hydrogen) atoms. The third-order valence-corrected chi connectivity index (χ3v) is 8.09. The first-order valence-corrected chi connectivity index (χ1v) is 15.8. The summed E-state index contributed by atoms with van der Waals surface area (Å²) in [6.07, 6.45) is 7.63. The monoisotopic (exact) mass is 642 g/mol. The summed E-state index contributed by atoms with van der Waals surface area (Å²) in [6, 6.07) is 8.65. The van der Waals surface area contributed by atoms with Crippen LogP contribution in [-0.4, -0.2) is 85.0 Å². The fourth-order valence-corrected chi connectivity index (χ4v) is 5.75. The van der Waals surface area contributed by atoms with E-state index < -0.39 is 11.9 Å². The third-order valence-electron chi connectivity index (χ3n) is 8.09. The summed E-state index contributed by atoms with van der Waals surface area (Å²) >= 11 is 0. The number of likely N-dealkylation sites (N-methyl/N-ethyl adjacent to an activating group) is 1. The number of nitrogens with two attached hydrogens (primary N) is 1. The van der Waals surface area contributed by atoms with Crippen molar-refractivity contribution in [3.05, 3.63) is 53.6 Å². The molecule has 0 amide bonds. The normalized spacial score (nSPS) is 19.0. The van der Waals surface area contributed by atoms with Crippen molar-refractivity contribution in [1.29, 1.82) is 0 Å². The minimum atomic E-state index is -0.915. The molecule has 0 heterocycles. The Bertz CT molecular complexity index is 1330. The molecule has 1 fully saturated rings. The molecule has 8 N–H and O–H groups in total. The van der Waals surface area contributed by atoms with Gasteiger partial charge in [-0.3, -0.25) is 9.79 Å². The fourth-order valence-electron chi connectivity index (χ4n) is 5.75. The van der Waals surface area contributed by atoms with Crippen molar-refractivity contribution in [2.24, 2.45) is 16.6 Å². The van der Waals surface area contributed by atoms with Crippen LogP contribution in [0.3, 0.4) is 0 Å². The Labute approximate surface area is 271 Å². The van der Waals surface area contributed by atoms with Gasteiger partial charge < -0.3 is 51.0 Å². The largest absolute Gasteiger partial charge is 0.504 e. The summed E-state index contributed by atoms with van der Waals surface area (Å²) in [6.45, 7) is 0.844. The number of aryl methyl sites for hydroxylation is 2. The van der Waals surface area contributed by atoms with Crippen LogP contribution in [0.4, 0.5) is 5.69 Å². The predicted octanol–water partition coefficient (Wildman–Crippen LogP) is 3.40. The predicted molar refractivity (Wildman–Crippen MR) is 178 cm³/mol. The number of carbonyl (C=O) groups is 1. The number of phenolic OH excluding ortho intramolecular Hbond substituents is 2. The Hall–Kier alpha value is -3.84. The number of ether oxygens (including phenoxy) is 3. The lowest BCUT2D eigenvalue weighted by Gasteiger charge is -2.32. The zero-order valence-electron chi connectivity index (χ0n) is 27.1. The molecule has 3 rings (SSSR count). The molecule has 1 aliphatic rings. The number of methoxy groups -OCH3 is 1. The van der Waals surface area contributed by atoms with Gasteiger partial charge in [-0.1, -0.05) is 12.1 Å². The maximum absolute atomic E-state index is 12.5. The molecule has 0 aliphatic heterocycles. The molecule has 2 aromatic rings. The van der Waals surface area contributed by atoms with Gasteiger partial charge in [-0.2, -0.15) is 0 Å². The zero-order chi connectivity index (χ0) is 33.5. The van der Waals surface area contributed by atoms with E-state index in [2.05, 4.69) is 15.6 Å². The second-order valence-corrected chi connectivity index (χ2v) is 11.7. The van der Waals surface area contributed by atoms with E-state index in [-0.39, 0.29) is 35.8 Å². The number of guanidine groups is 1. The van der Waals surface area contributed by atoms with Gasteiger partial charge in [0, 0.05) is 33.0 Å². The average Bonchev–Trinajstić information content (AvgIpc) is 3.42. The molecular weight excluding hydrogens is 592 g/mol. The average molecular weight is 643 g/mol. The number of aromatic hydroxyl groups is 2. The van der Waals surface area contributed by atoms with Gasteiger partial charge in [-0.05, 0) is 99.4 Å². The first-order chi connectivity index (χ1) is 22.1. The number of anilines is 1. The maximum atomic E-state index is 12.5. The van der Waals surface area contributed by atoms with Crippen LogP contribution in [0.25, 0.3) is 0 Å². The molecule has 1 saturated carbocycles. The molecule has 0 spiro atoms. The van der Waals surface area contributed by atoms with Gasteiger partial charge in [0.2, 0.25) is 0 Å². The Morgan fingerprint density at radius 1 is 1.20 bits per heavy atom. The van der Waals surface area contributed by atoms with E-state index in [4.69, 9.17) is 25.1 Å². The number of aliphatic hydroxyl groups is 2. The second-order valence-electron chi connectivity index (χ2n) is 11.7. The number of rotatable bonds is 19. The lowest BCUT2D eigenvalue weighted by atomic mass is 9.97. The number of phenols is 2. The number of hydrogen-bond donors (Lipinski definition) is 7. The molecule has 3 unspecified atom stereocenters. The van der Waals surface area contributed by atoms with Crippen LogP contribution in [0.5, 0.6) is 23.0 Å². The summed E-state index contributed by atoms with van der Waals surface area (Å²) in [5, 5.41) is 46.4. The van der Waals surface area contributed by atoms with Crippen molar-refractivity contribution in [3.8, 4) is 23.0 Å². The summed E-state index contributed by atoms with van der Waals surface area (Å²) in [5.41, 5.74) is 7.44. The quantitative estimate of drug-likeness (QED) is 0.0297. The minimum Gasteiger partial charge on any atom is -0.504 e. The highest BCUT2D eigenvalue weighted by Crippen LogP contribution is 2.44. The van der Waals surface area contributed by atoms with Crippen molar-refractivity contribution in [2.45, 2.75) is 69.7 Å². The van der Waals surface area contributed by atoms with E-state index in [9.17, 15) is 20.1 Å². The molecule has 0 radical (unpaired) electrons. The van der Waals surface area contributed by atoms with Crippen molar-refractivity contribution in [3.63, 3.8) is 0 Å². The van der Waals surface area contributed by atoms with Gasteiger partial charge in [0.15, 0.2) is 41.0 Å². The molecule has 0 saturated heterocycles. The highest BCUT2D eigenvalue weighted by Gasteiger charge is 2.42. The summed E-state index contributed by atoms with van der Waals surface area (Å²) in [4.78, 5) is 16.5. The van der Waals surface area contributed by atoms with E-state index in [0.29, 0.717) is 81.7 Å². The summed E-state index contributed by atoms with van der Waals surface area (Å²) in [7, 11) is 4.88. The molecule has 0 bridgehead atoms. The first-order valence-electron chi connectivity index (χ1n) is 15.8. The van der Waals surface area contributed by atoms with Crippen molar-refractivity contribution in [1.82, 2.24) is 5.32 Å². The van der Waals surface area contributed by atoms with Crippen LogP contribution < -0.4 is 25.8 Å². The van der Waals surface area contributed by atoms with Crippen molar-refractivity contribution < 1.29 is 39.4 Å². The Morgan fingerprint density at radius 2 is 1.98 bits per heavy atom. The van der Waals surface area contributed by atoms with Crippen LogP contribution in [0.2, 0.25) is 0 Å². The van der Waals surface area contributed by atoms with E-state index >= 15 is 0 Å². The lowest BCUT2D eigenvalue weighted by Crippen LogP contribution is -2.43. The lowest BCUT2D eigenvalue weighted by molar-refractivity contribution is -0.114. The smallest absolute Gasteiger partial charge is 0.192 e. The number of nitrogens with one attached hydrogen (secondary N) is 2. The van der Waals surface area contributed by atoms with Gasteiger partial charge in [0.25, 0.3) is 0 Å². The topological polar surface area (TPSA) is 188 Å². The van der Waals surface area contributed by atoms with E-state index in [1.807, 2.05) is 19.2 Å². The first kappa shape index (κ1) is 36.6. The number of aliphatic hydroxyl groups excluding tert-OH is 2.